The third-order valence-corrected chi connectivity index (χ3v) is 3.97. The molecular weight excluding hydrogens is 464 g/mol. The lowest BCUT2D eigenvalue weighted by Gasteiger charge is -2.19. The maximum Gasteiger partial charge on any atom is 0.426 e. The van der Waals surface area contributed by atoms with Crippen molar-refractivity contribution in [3.8, 4) is 0 Å². The number of halogens is 1. The molecule has 0 saturated carbocycles. The molecule has 0 bridgehead atoms. The number of nitrogens with zero attached hydrogens (tertiary/aromatic N) is 2. The van der Waals surface area contributed by atoms with Crippen molar-refractivity contribution in [2.24, 2.45) is 0 Å². The van der Waals surface area contributed by atoms with E-state index in [0.717, 1.165) is 18.2 Å². The summed E-state index contributed by atoms with van der Waals surface area (Å²) in [6.45, 7) is 5.41. The van der Waals surface area contributed by atoms with Gasteiger partial charge < -0.3 is 18.9 Å². The van der Waals surface area contributed by atoms with Crippen LogP contribution in [0.3, 0.4) is 0 Å². The number of ether oxygens (including phenoxy) is 4. The first-order valence-corrected chi connectivity index (χ1v) is 10.2. The Balaban J connectivity index is 3.33. The molecule has 0 N–H and O–H groups in total. The molecule has 1 rings (SSSR count). The monoisotopic (exact) mass is 486 g/mol. The van der Waals surface area contributed by atoms with E-state index < -0.39 is 36.2 Å². The summed E-state index contributed by atoms with van der Waals surface area (Å²) in [4.78, 5) is 74.2. The molecular formula is C20H23ClN2O10. The molecule has 0 atom stereocenters. The molecule has 13 heteroatoms. The first-order chi connectivity index (χ1) is 15.6. The maximum absolute atomic E-state index is 12.8. The van der Waals surface area contributed by atoms with Crippen LogP contribution in [-0.4, -0.2) is 72.4 Å². The topological polar surface area (TPSA) is 146 Å². The summed E-state index contributed by atoms with van der Waals surface area (Å²) in [7, 11) is 0. The Morgan fingerprint density at radius 2 is 1.03 bits per heavy atom. The number of carbonyl (C=O) groups is 6. The molecule has 0 aliphatic heterocycles. The van der Waals surface area contributed by atoms with E-state index in [1.54, 1.807) is 0 Å². The first kappa shape index (κ1) is 27.4. The van der Waals surface area contributed by atoms with Crippen LogP contribution >= 0.6 is 11.6 Å². The summed E-state index contributed by atoms with van der Waals surface area (Å²) in [5, 5.41) is -0.364. The fraction of sp³-hybridized carbons (Fsp3) is 0.400. The Hall–Kier alpha value is -3.67. The van der Waals surface area contributed by atoms with Crippen molar-refractivity contribution in [3.05, 3.63) is 34.3 Å². The van der Waals surface area contributed by atoms with E-state index in [4.69, 9.17) is 30.5 Å². The summed E-state index contributed by atoms with van der Waals surface area (Å²) in [6.07, 6.45) is -5.11. The molecule has 0 unspecified atom stereocenters. The van der Waals surface area contributed by atoms with Crippen molar-refractivity contribution in [1.82, 2.24) is 9.80 Å². The van der Waals surface area contributed by atoms with Crippen molar-refractivity contribution in [3.63, 3.8) is 0 Å². The lowest BCUT2D eigenvalue weighted by molar-refractivity contribution is 0.0571. The molecule has 12 nitrogen and oxygen atoms in total. The quantitative estimate of drug-likeness (QED) is 0.543. The van der Waals surface area contributed by atoms with Gasteiger partial charge in [0.15, 0.2) is 0 Å². The average molecular weight is 487 g/mol. The van der Waals surface area contributed by atoms with E-state index in [2.05, 4.69) is 0 Å². The van der Waals surface area contributed by atoms with Gasteiger partial charge in [-0.3, -0.25) is 9.59 Å². The van der Waals surface area contributed by atoms with Crippen LogP contribution in [0, 0.1) is 0 Å². The summed E-state index contributed by atoms with van der Waals surface area (Å²) in [5.74, 6) is -2.32. The Labute approximate surface area is 194 Å². The van der Waals surface area contributed by atoms with E-state index in [0.29, 0.717) is 0 Å². The van der Waals surface area contributed by atoms with Crippen LogP contribution in [0.5, 0.6) is 0 Å². The van der Waals surface area contributed by atoms with Crippen LogP contribution < -0.4 is 0 Å². The van der Waals surface area contributed by atoms with Crippen molar-refractivity contribution in [2.45, 2.75) is 27.7 Å². The van der Waals surface area contributed by atoms with Crippen LogP contribution in [0.1, 0.15) is 48.4 Å². The molecule has 1 aromatic carbocycles. The molecule has 0 spiro atoms. The minimum absolute atomic E-state index is 0.110. The third kappa shape index (κ3) is 6.91. The highest BCUT2D eigenvalue weighted by Gasteiger charge is 2.35. The number of rotatable bonds is 6. The highest BCUT2D eigenvalue weighted by Crippen LogP contribution is 2.22. The smallest absolute Gasteiger partial charge is 0.426 e. The fourth-order valence-electron chi connectivity index (χ4n) is 2.30. The second-order valence-electron chi connectivity index (χ2n) is 5.77. The van der Waals surface area contributed by atoms with Gasteiger partial charge in [0.1, 0.15) is 0 Å². The predicted octanol–water partition coefficient (Wildman–Crippen LogP) is 3.85. The zero-order valence-corrected chi connectivity index (χ0v) is 19.2. The van der Waals surface area contributed by atoms with Crippen molar-refractivity contribution < 1.29 is 47.7 Å². The zero-order valence-electron chi connectivity index (χ0n) is 18.4. The normalized spacial score (nSPS) is 9.97. The predicted molar refractivity (Wildman–Crippen MR) is 112 cm³/mol. The Morgan fingerprint density at radius 1 is 0.667 bits per heavy atom. The second-order valence-corrected chi connectivity index (χ2v) is 6.18. The minimum Gasteiger partial charge on any atom is -0.449 e. The second kappa shape index (κ2) is 13.0. The van der Waals surface area contributed by atoms with E-state index in [1.165, 1.54) is 27.7 Å². The van der Waals surface area contributed by atoms with Crippen LogP contribution in [0.4, 0.5) is 19.2 Å². The molecule has 180 valence electrons. The summed E-state index contributed by atoms with van der Waals surface area (Å²) >= 11 is 6.11. The molecule has 33 heavy (non-hydrogen) atoms. The lowest BCUT2D eigenvalue weighted by atomic mass is 10.1. The van der Waals surface area contributed by atoms with E-state index in [9.17, 15) is 28.8 Å². The number of hydrogen-bond acceptors (Lipinski definition) is 10. The first-order valence-electron chi connectivity index (χ1n) is 9.79. The standard InChI is InChI=1S/C20H23ClN2O10/c1-5-30-17(26)22(18(27)31-6-2)15(24)12-9-10-13(14(21)11-12)16(25)23(19(28)32-7-3)20(29)33-8-4/h9-11H,5-8H2,1-4H3. The largest absolute Gasteiger partial charge is 0.449 e. The Morgan fingerprint density at radius 3 is 1.36 bits per heavy atom. The number of amides is 6. The number of hydrogen-bond donors (Lipinski definition) is 0. The van der Waals surface area contributed by atoms with Crippen molar-refractivity contribution >= 4 is 47.8 Å². The van der Waals surface area contributed by atoms with Gasteiger partial charge in [-0.2, -0.15) is 0 Å². The van der Waals surface area contributed by atoms with Crippen LogP contribution in [0.25, 0.3) is 0 Å². The van der Waals surface area contributed by atoms with Crippen LogP contribution in [-0.2, 0) is 18.9 Å². The molecule has 6 amide bonds. The molecule has 0 saturated heterocycles. The van der Waals surface area contributed by atoms with E-state index in [1.807, 2.05) is 0 Å². The van der Waals surface area contributed by atoms with Gasteiger partial charge in [-0.1, -0.05) is 11.6 Å². The molecule has 0 heterocycles. The van der Waals surface area contributed by atoms with Gasteiger partial charge in [-0.05, 0) is 45.9 Å². The van der Waals surface area contributed by atoms with Crippen LogP contribution in [0.2, 0.25) is 5.02 Å². The number of benzene rings is 1. The van der Waals surface area contributed by atoms with Gasteiger partial charge >= 0.3 is 24.4 Å². The highest BCUT2D eigenvalue weighted by molar-refractivity contribution is 6.35. The maximum atomic E-state index is 12.8. The molecule has 1 aromatic rings. The lowest BCUT2D eigenvalue weighted by Crippen LogP contribution is -2.43. The third-order valence-electron chi connectivity index (χ3n) is 3.65. The number of imide groups is 6. The molecule has 0 fully saturated rings. The van der Waals surface area contributed by atoms with Gasteiger partial charge in [-0.15, -0.1) is 9.80 Å². The highest BCUT2D eigenvalue weighted by atomic mass is 35.5. The van der Waals surface area contributed by atoms with Crippen LogP contribution in [0.15, 0.2) is 18.2 Å². The molecule has 0 aromatic heterocycles. The van der Waals surface area contributed by atoms with Crippen molar-refractivity contribution in [1.29, 1.82) is 0 Å². The van der Waals surface area contributed by atoms with Crippen molar-refractivity contribution in [2.75, 3.05) is 26.4 Å². The Kier molecular flexibility index (Phi) is 10.8. The summed E-state index contributed by atoms with van der Waals surface area (Å²) in [5.41, 5.74) is -0.635. The van der Waals surface area contributed by atoms with E-state index >= 15 is 0 Å². The van der Waals surface area contributed by atoms with Gasteiger partial charge in [0.2, 0.25) is 0 Å². The molecule has 0 aliphatic rings. The van der Waals surface area contributed by atoms with Gasteiger partial charge in [0.05, 0.1) is 37.0 Å². The molecule has 0 aliphatic carbocycles. The SMILES string of the molecule is CCOC(=O)N(C(=O)OCC)C(=O)c1ccc(C(=O)N(C(=O)OCC)C(=O)OCC)c(Cl)c1. The van der Waals surface area contributed by atoms with Gasteiger partial charge in [0.25, 0.3) is 11.8 Å². The fourth-order valence-corrected chi connectivity index (χ4v) is 2.57. The average Bonchev–Trinajstić information content (AvgIpc) is 2.74. The van der Waals surface area contributed by atoms with Gasteiger partial charge in [-0.25, -0.2) is 19.2 Å². The minimum atomic E-state index is -1.28. The zero-order chi connectivity index (χ0) is 25.1. The summed E-state index contributed by atoms with van der Waals surface area (Å²) in [6, 6.07) is 3.05. The Bertz CT molecular complexity index is 897. The molecule has 0 radical (unpaired) electrons. The number of carbonyl (C=O) groups excluding carboxylic acids is 6. The van der Waals surface area contributed by atoms with Gasteiger partial charge in [0, 0.05) is 5.56 Å². The van der Waals surface area contributed by atoms with E-state index in [-0.39, 0.29) is 52.4 Å². The summed E-state index contributed by atoms with van der Waals surface area (Å²) < 4.78 is 18.8.